The summed E-state index contributed by atoms with van der Waals surface area (Å²) in [6, 6.07) is 30.3. The minimum atomic E-state index is -0.851. The number of hydrogen-bond acceptors (Lipinski definition) is 15. The molecule has 2 saturated carbocycles. The van der Waals surface area contributed by atoms with Gasteiger partial charge in [0.1, 0.15) is 22.9 Å². The Kier molecular flexibility index (Phi) is 17.6. The van der Waals surface area contributed by atoms with Crippen molar-refractivity contribution in [3.63, 3.8) is 0 Å². The van der Waals surface area contributed by atoms with E-state index in [1.165, 1.54) is 49.7 Å². The molecule has 80 heavy (non-hydrogen) atoms. The summed E-state index contributed by atoms with van der Waals surface area (Å²) in [5, 5.41) is 21.6. The fourth-order valence-corrected chi connectivity index (χ4v) is 15.0. The number of rotatable bonds is 15. The fraction of sp³-hybridized carbons (Fsp3) is 0.460. The number of hydrogen-bond donors (Lipinski definition) is 1. The molecule has 4 saturated heterocycles. The molecule has 416 valence electrons. The Morgan fingerprint density at radius 1 is 0.650 bits per heavy atom. The van der Waals surface area contributed by atoms with Gasteiger partial charge in [0, 0.05) is 58.3 Å². The van der Waals surface area contributed by atoms with Crippen LogP contribution in [0.2, 0.25) is 0 Å². The van der Waals surface area contributed by atoms with E-state index in [0.717, 1.165) is 120 Å². The third-order valence-electron chi connectivity index (χ3n) is 17.1. The molecule has 6 aliphatic rings. The van der Waals surface area contributed by atoms with E-state index in [4.69, 9.17) is 33.2 Å². The molecule has 8 aromatic rings. The monoisotopic (exact) mass is 1150 g/mol. The third kappa shape index (κ3) is 11.7. The van der Waals surface area contributed by atoms with Crippen molar-refractivity contribution in [2.75, 3.05) is 16.4 Å². The van der Waals surface area contributed by atoms with Crippen LogP contribution in [-0.2, 0) is 33.0 Å². The number of nitrogens with zero attached hydrogens (tertiary/aromatic N) is 6. The average Bonchev–Trinajstić information content (AvgIpc) is 4.31. The number of thiazole rings is 2. The molecule has 2 aliphatic carbocycles. The van der Waals surface area contributed by atoms with Crippen molar-refractivity contribution >= 4 is 82.4 Å². The Morgan fingerprint density at radius 2 is 1.09 bits per heavy atom. The van der Waals surface area contributed by atoms with Crippen LogP contribution in [0, 0.1) is 21.3 Å². The van der Waals surface area contributed by atoms with E-state index in [9.17, 15) is 9.90 Å². The normalized spacial score (nSPS) is 22.1. The Bertz CT molecular complexity index is 3440. The van der Waals surface area contributed by atoms with Crippen molar-refractivity contribution in [3.05, 3.63) is 137 Å². The van der Waals surface area contributed by atoms with E-state index in [1.54, 1.807) is 22.7 Å². The predicted molar refractivity (Wildman–Crippen MR) is 314 cm³/mol. The Labute approximate surface area is 499 Å². The first-order valence-electron chi connectivity index (χ1n) is 28.0. The standard InChI is InChI=1S/C31H33N3O4S.C31H35N3O3S.CH3.ClH.Mg/c1-3-36-30(35)20-10-13-26-27(14-20)39-31(32-26)34-21-11-12-22(34)16-23(15-21)37-17-25-28(24-7-5-4-6-18(24)2)33-38-29(25)19-8-9-19;1-18-6-4-5-7-24(18)28-25(29(37-33-28)19-8-9-19)17-36-23-15-21-11-12-22(16-23)34(21)30-32-26-13-10-20(31(2,3)35)14-27(26)38-30;;;/h4-7,10,13-14,19,21-23H,3,8-9,11-12,15-17H2,1-2H3;4-7,10,13-14,19,21-23,35H,8-9,11-12,15-17H2,1-3H3;1H3;1H;/q;;-1;;+2/p-1/t2*21-,22?,23?;;;/m00.../s1. The molecule has 14 rings (SSSR count). The van der Waals surface area contributed by atoms with Crippen LogP contribution in [0.15, 0.2) is 94.0 Å². The van der Waals surface area contributed by atoms with Gasteiger partial charge in [0.2, 0.25) is 0 Å². The van der Waals surface area contributed by atoms with Gasteiger partial charge in [0.25, 0.3) is 0 Å². The summed E-state index contributed by atoms with van der Waals surface area (Å²) in [5.74, 6) is 2.74. The molecule has 4 aliphatic heterocycles. The maximum absolute atomic E-state index is 12.2. The first-order chi connectivity index (χ1) is 37.4. The molecule has 4 aromatic carbocycles. The van der Waals surface area contributed by atoms with Crippen molar-refractivity contribution in [1.29, 1.82) is 0 Å². The number of halogens is 1. The summed E-state index contributed by atoms with van der Waals surface area (Å²) in [4.78, 5) is 27.2. The van der Waals surface area contributed by atoms with Crippen LogP contribution in [0.3, 0.4) is 0 Å². The fourth-order valence-electron chi connectivity index (χ4n) is 12.7. The molecule has 6 atom stereocenters. The summed E-state index contributed by atoms with van der Waals surface area (Å²) in [7, 11) is 0. The largest absolute Gasteiger partial charge is 2.00 e. The minimum absolute atomic E-state index is 0. The second-order valence-corrected chi connectivity index (χ2v) is 25.0. The summed E-state index contributed by atoms with van der Waals surface area (Å²) >= 11 is 3.42. The average molecular weight is 1150 g/mol. The first kappa shape index (κ1) is 58.3. The van der Waals surface area contributed by atoms with Gasteiger partial charge in [-0.2, -0.15) is 0 Å². The number of fused-ring (bicyclic) bond motifs is 6. The maximum Gasteiger partial charge on any atom is 2.00 e. The van der Waals surface area contributed by atoms with E-state index in [0.29, 0.717) is 61.4 Å². The van der Waals surface area contributed by atoms with Crippen LogP contribution in [0.4, 0.5) is 10.3 Å². The number of anilines is 2. The van der Waals surface area contributed by atoms with Gasteiger partial charge in [-0.05, 0) is 159 Å². The number of carbonyl (C=O) groups is 1. The molecular weight excluding hydrogens is 1080 g/mol. The molecule has 1 N–H and O–H groups in total. The summed E-state index contributed by atoms with van der Waals surface area (Å²) in [6.07, 6.45) is 13.8. The third-order valence-corrected chi connectivity index (χ3v) is 19.1. The Hall–Kier alpha value is -4.91. The second kappa shape index (κ2) is 24.1. The maximum atomic E-state index is 12.2. The van der Waals surface area contributed by atoms with E-state index in [1.807, 2.05) is 51.1 Å². The van der Waals surface area contributed by atoms with E-state index >= 15 is 0 Å². The van der Waals surface area contributed by atoms with Gasteiger partial charge < -0.3 is 58.0 Å². The molecule has 0 amide bonds. The molecule has 4 aromatic heterocycles. The molecule has 4 bridgehead atoms. The van der Waals surface area contributed by atoms with E-state index in [-0.39, 0.29) is 61.1 Å². The topological polar surface area (TPSA) is 149 Å². The van der Waals surface area contributed by atoms with Gasteiger partial charge in [0.15, 0.2) is 10.3 Å². The van der Waals surface area contributed by atoms with Gasteiger partial charge in [-0.3, -0.25) is 0 Å². The van der Waals surface area contributed by atoms with Crippen LogP contribution in [0.1, 0.15) is 159 Å². The number of esters is 1. The number of ether oxygens (including phenoxy) is 3. The van der Waals surface area contributed by atoms with Crippen LogP contribution >= 0.6 is 22.7 Å². The van der Waals surface area contributed by atoms with Gasteiger partial charge in [-0.25, -0.2) is 14.8 Å². The van der Waals surface area contributed by atoms with Gasteiger partial charge in [-0.15, -0.1) is 0 Å². The van der Waals surface area contributed by atoms with Crippen molar-refractivity contribution < 1.29 is 45.6 Å². The SMILES string of the molecule is CCOC(=O)c1ccc2nc(N3C4CC[C@H]3CC(OCc3c(-c5ccccc5C)noc3C3CC3)C4)sc2c1.Cc1ccccc1-c1noc(C2CC2)c1COC1CC2CC[C@@H](C1)N2c1nc2ccc(C(C)(C)O)cc2s1.[CH3-].[Cl-].[Mg+2]. The molecule has 0 radical (unpaired) electrons. The molecule has 13 nitrogen and oxygen atoms in total. The van der Waals surface area contributed by atoms with Crippen molar-refractivity contribution in [2.24, 2.45) is 0 Å². The zero-order valence-corrected chi connectivity index (χ0v) is 50.6. The van der Waals surface area contributed by atoms with Gasteiger partial charge in [-0.1, -0.05) is 87.6 Å². The van der Waals surface area contributed by atoms with E-state index in [2.05, 4.69) is 88.6 Å². The van der Waals surface area contributed by atoms with Crippen molar-refractivity contribution in [2.45, 2.75) is 179 Å². The van der Waals surface area contributed by atoms with Crippen LogP contribution in [0.5, 0.6) is 0 Å². The van der Waals surface area contributed by atoms with Crippen molar-refractivity contribution in [1.82, 2.24) is 20.3 Å². The molecule has 8 heterocycles. The van der Waals surface area contributed by atoms with Gasteiger partial charge in [0.05, 0.1) is 63.6 Å². The quantitative estimate of drug-likeness (QED) is 0.0590. The van der Waals surface area contributed by atoms with Crippen LogP contribution < -0.4 is 22.2 Å². The first-order valence-corrected chi connectivity index (χ1v) is 29.7. The Balaban J connectivity index is 0.000000174. The molecule has 17 heteroatoms. The molecule has 0 spiro atoms. The molecule has 4 unspecified atom stereocenters. The van der Waals surface area contributed by atoms with Gasteiger partial charge >= 0.3 is 29.0 Å². The summed E-state index contributed by atoms with van der Waals surface area (Å²) < 4.78 is 32.4. The zero-order chi connectivity index (χ0) is 52.5. The molecular formula is C63H71ClMgN6O7S2. The number of benzene rings is 4. The predicted octanol–water partition coefficient (Wildman–Crippen LogP) is 11.2. The van der Waals surface area contributed by atoms with Crippen LogP contribution in [0.25, 0.3) is 42.9 Å². The minimum Gasteiger partial charge on any atom is -1.00 e. The molecule has 6 fully saturated rings. The number of aryl methyl sites for hydroxylation is 2. The zero-order valence-electron chi connectivity index (χ0n) is 46.8. The second-order valence-electron chi connectivity index (χ2n) is 23.0. The summed E-state index contributed by atoms with van der Waals surface area (Å²) in [5.41, 5.74) is 11.4. The smallest absolute Gasteiger partial charge is 1.00 e. The van der Waals surface area contributed by atoms with Crippen molar-refractivity contribution in [3.8, 4) is 22.5 Å². The van der Waals surface area contributed by atoms with E-state index < -0.39 is 5.60 Å². The number of piperidine rings is 2. The Morgan fingerprint density at radius 3 is 1.51 bits per heavy atom. The van der Waals surface area contributed by atoms with Crippen LogP contribution in [-0.4, -0.2) is 97.4 Å². The summed E-state index contributed by atoms with van der Waals surface area (Å²) in [6.45, 7) is 11.2. The number of carbonyl (C=O) groups excluding carboxylic acids is 1. The number of aliphatic hydroxyl groups is 1. The number of aromatic nitrogens is 4.